The average Bonchev–Trinajstić information content (AvgIpc) is 2.39. The number of benzene rings is 1. The molecule has 0 aliphatic heterocycles. The minimum Gasteiger partial charge on any atom is -0.329 e. The van der Waals surface area contributed by atoms with E-state index in [1.54, 1.807) is 0 Å². The molecule has 2 nitrogen and oxygen atoms in total. The Hall–Kier alpha value is -0.860. The van der Waals surface area contributed by atoms with Gasteiger partial charge in [-0.2, -0.15) is 0 Å². The van der Waals surface area contributed by atoms with Crippen LogP contribution in [0.5, 0.6) is 0 Å². The van der Waals surface area contributed by atoms with Crippen molar-refractivity contribution in [2.45, 2.75) is 45.7 Å². The van der Waals surface area contributed by atoms with E-state index in [0.717, 1.165) is 0 Å². The second-order valence-corrected chi connectivity index (χ2v) is 5.65. The second kappa shape index (κ2) is 6.91. The molecule has 0 fully saturated rings. The zero-order valence-corrected chi connectivity index (χ0v) is 12.4. The average molecular weight is 248 g/mol. The van der Waals surface area contributed by atoms with Crippen LogP contribution in [0.4, 0.5) is 0 Å². The van der Waals surface area contributed by atoms with E-state index in [0.29, 0.717) is 30.5 Å². The van der Waals surface area contributed by atoms with Gasteiger partial charge in [0.1, 0.15) is 0 Å². The summed E-state index contributed by atoms with van der Waals surface area (Å²) in [5.41, 5.74) is 7.38. The van der Waals surface area contributed by atoms with Gasteiger partial charge in [-0.3, -0.25) is 4.90 Å². The van der Waals surface area contributed by atoms with Crippen molar-refractivity contribution >= 4 is 0 Å². The van der Waals surface area contributed by atoms with Gasteiger partial charge in [0, 0.05) is 18.6 Å². The third kappa shape index (κ3) is 3.56. The van der Waals surface area contributed by atoms with Crippen LogP contribution in [0, 0.1) is 5.92 Å². The number of hydrogen-bond acceptors (Lipinski definition) is 2. The van der Waals surface area contributed by atoms with E-state index < -0.39 is 0 Å². The molecule has 3 atom stereocenters. The summed E-state index contributed by atoms with van der Waals surface area (Å²) in [6.45, 7) is 9.79. The summed E-state index contributed by atoms with van der Waals surface area (Å²) in [5.74, 6) is 1.11. The Kier molecular flexibility index (Phi) is 5.83. The normalized spacial score (nSPS) is 16.9. The lowest BCUT2D eigenvalue weighted by Crippen LogP contribution is -2.47. The molecule has 1 rings (SSSR count). The van der Waals surface area contributed by atoms with E-state index in [1.807, 2.05) is 0 Å². The van der Waals surface area contributed by atoms with Gasteiger partial charge in [-0.1, -0.05) is 51.1 Å². The minimum atomic E-state index is 0.393. The van der Waals surface area contributed by atoms with Crippen LogP contribution in [0.25, 0.3) is 0 Å². The lowest BCUT2D eigenvalue weighted by Gasteiger charge is -2.38. The molecule has 0 aliphatic rings. The van der Waals surface area contributed by atoms with Gasteiger partial charge in [0.15, 0.2) is 0 Å². The summed E-state index contributed by atoms with van der Waals surface area (Å²) < 4.78 is 0. The van der Waals surface area contributed by atoms with Crippen LogP contribution >= 0.6 is 0 Å². The number of likely N-dealkylation sites (N-methyl/N-ethyl adjacent to an activating group) is 1. The monoisotopic (exact) mass is 248 g/mol. The van der Waals surface area contributed by atoms with Crippen molar-refractivity contribution < 1.29 is 0 Å². The Morgan fingerprint density at radius 1 is 1.06 bits per heavy atom. The Bertz CT molecular complexity index is 334. The van der Waals surface area contributed by atoms with Crippen LogP contribution in [0.3, 0.4) is 0 Å². The van der Waals surface area contributed by atoms with Crippen molar-refractivity contribution in [3.63, 3.8) is 0 Å². The molecule has 3 unspecified atom stereocenters. The highest BCUT2D eigenvalue weighted by atomic mass is 15.2. The Morgan fingerprint density at radius 3 is 2.06 bits per heavy atom. The van der Waals surface area contributed by atoms with E-state index in [-0.39, 0.29) is 0 Å². The number of rotatable bonds is 6. The molecular weight excluding hydrogens is 220 g/mol. The van der Waals surface area contributed by atoms with Gasteiger partial charge in [-0.25, -0.2) is 0 Å². The highest BCUT2D eigenvalue weighted by molar-refractivity contribution is 5.20. The molecule has 1 aromatic carbocycles. The predicted molar refractivity (Wildman–Crippen MR) is 79.8 cm³/mol. The number of nitrogens with zero attached hydrogens (tertiary/aromatic N) is 1. The van der Waals surface area contributed by atoms with Gasteiger partial charge in [0.25, 0.3) is 0 Å². The third-order valence-electron chi connectivity index (χ3n) is 4.27. The molecule has 0 bridgehead atoms. The van der Waals surface area contributed by atoms with Crippen LogP contribution in [0.1, 0.15) is 39.2 Å². The zero-order chi connectivity index (χ0) is 13.7. The van der Waals surface area contributed by atoms with E-state index in [2.05, 4.69) is 70.0 Å². The summed E-state index contributed by atoms with van der Waals surface area (Å²) in [6.07, 6.45) is 0. The highest BCUT2D eigenvalue weighted by Crippen LogP contribution is 2.24. The van der Waals surface area contributed by atoms with Gasteiger partial charge < -0.3 is 5.73 Å². The molecule has 0 saturated heterocycles. The standard InChI is InChI=1S/C16H28N2/c1-12(2)14(4)18(5)16(11-17)13(3)15-9-7-6-8-10-15/h6-10,12-14,16H,11,17H2,1-5H3. The topological polar surface area (TPSA) is 29.3 Å². The maximum atomic E-state index is 6.01. The maximum Gasteiger partial charge on any atom is 0.0284 e. The van der Waals surface area contributed by atoms with Crippen LogP contribution in [0.15, 0.2) is 30.3 Å². The molecule has 2 N–H and O–H groups in total. The molecule has 0 spiro atoms. The van der Waals surface area contributed by atoms with Gasteiger partial charge in [-0.05, 0) is 31.4 Å². The first kappa shape index (κ1) is 15.2. The molecule has 102 valence electrons. The fraction of sp³-hybridized carbons (Fsp3) is 0.625. The zero-order valence-electron chi connectivity index (χ0n) is 12.4. The summed E-state index contributed by atoms with van der Waals surface area (Å²) in [5, 5.41) is 0. The molecule has 0 radical (unpaired) electrons. The SMILES string of the molecule is CC(C)C(C)N(C)C(CN)C(C)c1ccccc1. The van der Waals surface area contributed by atoms with Gasteiger partial charge in [0.05, 0.1) is 0 Å². The minimum absolute atomic E-state index is 0.393. The molecular formula is C16H28N2. The Balaban J connectivity index is 2.83. The maximum absolute atomic E-state index is 6.01. The van der Waals surface area contributed by atoms with Gasteiger partial charge in [-0.15, -0.1) is 0 Å². The van der Waals surface area contributed by atoms with Crippen LogP contribution in [-0.2, 0) is 0 Å². The number of nitrogens with two attached hydrogens (primary N) is 1. The fourth-order valence-electron chi connectivity index (χ4n) is 2.47. The van der Waals surface area contributed by atoms with Crippen molar-refractivity contribution in [2.75, 3.05) is 13.6 Å². The van der Waals surface area contributed by atoms with E-state index in [9.17, 15) is 0 Å². The quantitative estimate of drug-likeness (QED) is 0.838. The first-order valence-corrected chi connectivity index (χ1v) is 6.96. The lowest BCUT2D eigenvalue weighted by atomic mass is 9.90. The summed E-state index contributed by atoms with van der Waals surface area (Å²) in [6, 6.07) is 11.6. The van der Waals surface area contributed by atoms with Crippen LogP contribution in [-0.4, -0.2) is 30.6 Å². The first-order valence-electron chi connectivity index (χ1n) is 6.96. The second-order valence-electron chi connectivity index (χ2n) is 5.65. The smallest absolute Gasteiger partial charge is 0.0284 e. The van der Waals surface area contributed by atoms with Crippen molar-refractivity contribution in [2.24, 2.45) is 11.7 Å². The Labute approximate surface area is 112 Å². The summed E-state index contributed by atoms with van der Waals surface area (Å²) in [4.78, 5) is 2.43. The first-order chi connectivity index (χ1) is 8.49. The Morgan fingerprint density at radius 2 is 1.61 bits per heavy atom. The third-order valence-corrected chi connectivity index (χ3v) is 4.27. The molecule has 0 aliphatic carbocycles. The molecule has 0 aromatic heterocycles. The van der Waals surface area contributed by atoms with Crippen molar-refractivity contribution in [3.05, 3.63) is 35.9 Å². The molecule has 0 amide bonds. The van der Waals surface area contributed by atoms with Gasteiger partial charge >= 0.3 is 0 Å². The van der Waals surface area contributed by atoms with Crippen LogP contribution in [0.2, 0.25) is 0 Å². The summed E-state index contributed by atoms with van der Waals surface area (Å²) in [7, 11) is 2.20. The largest absolute Gasteiger partial charge is 0.329 e. The van der Waals surface area contributed by atoms with Crippen molar-refractivity contribution in [1.82, 2.24) is 4.90 Å². The van der Waals surface area contributed by atoms with E-state index >= 15 is 0 Å². The van der Waals surface area contributed by atoms with Crippen LogP contribution < -0.4 is 5.73 Å². The lowest BCUT2D eigenvalue weighted by molar-refractivity contribution is 0.135. The van der Waals surface area contributed by atoms with E-state index in [4.69, 9.17) is 5.73 Å². The number of hydrogen-bond donors (Lipinski definition) is 1. The van der Waals surface area contributed by atoms with Crippen molar-refractivity contribution in [1.29, 1.82) is 0 Å². The molecule has 2 heteroatoms. The highest BCUT2D eigenvalue weighted by Gasteiger charge is 2.26. The molecule has 1 aromatic rings. The summed E-state index contributed by atoms with van der Waals surface area (Å²) >= 11 is 0. The van der Waals surface area contributed by atoms with E-state index in [1.165, 1.54) is 5.56 Å². The van der Waals surface area contributed by atoms with Gasteiger partial charge in [0.2, 0.25) is 0 Å². The molecule has 18 heavy (non-hydrogen) atoms. The molecule has 0 heterocycles. The fourth-order valence-corrected chi connectivity index (χ4v) is 2.47. The van der Waals surface area contributed by atoms with Crippen molar-refractivity contribution in [3.8, 4) is 0 Å². The molecule has 0 saturated carbocycles. The predicted octanol–water partition coefficient (Wildman–Crippen LogP) is 3.09.